The van der Waals surface area contributed by atoms with Crippen molar-refractivity contribution in [2.45, 2.75) is 12.8 Å². The van der Waals surface area contributed by atoms with E-state index in [1.165, 1.54) is 0 Å². The molecule has 0 radical (unpaired) electrons. The largest absolute Gasteiger partial charge is 0.401 e. The lowest BCUT2D eigenvalue weighted by Crippen LogP contribution is -2.06. The van der Waals surface area contributed by atoms with Gasteiger partial charge >= 0.3 is 0 Å². The van der Waals surface area contributed by atoms with Gasteiger partial charge in [-0.3, -0.25) is 9.98 Å². The number of fused-ring (bicyclic) bond motifs is 1. The highest BCUT2D eigenvalue weighted by molar-refractivity contribution is 6.29. The summed E-state index contributed by atoms with van der Waals surface area (Å²) in [6.07, 6.45) is 5.90. The van der Waals surface area contributed by atoms with E-state index in [4.69, 9.17) is 17.3 Å². The molecular formula is C15H15ClN4. The van der Waals surface area contributed by atoms with Crippen molar-refractivity contribution in [2.24, 2.45) is 16.6 Å². The first-order valence-corrected chi connectivity index (χ1v) is 6.91. The normalized spacial score (nSPS) is 16.7. The molecule has 1 fully saturated rings. The van der Waals surface area contributed by atoms with Crippen molar-refractivity contribution in [3.8, 4) is 0 Å². The number of nitrogens with zero attached hydrogens (tertiary/aromatic N) is 3. The van der Waals surface area contributed by atoms with Gasteiger partial charge in [-0.05, 0) is 37.0 Å². The minimum atomic E-state index is 0.460. The van der Waals surface area contributed by atoms with Gasteiger partial charge in [-0.25, -0.2) is 4.98 Å². The van der Waals surface area contributed by atoms with Crippen molar-refractivity contribution in [1.29, 1.82) is 0 Å². The van der Waals surface area contributed by atoms with Gasteiger partial charge in [-0.1, -0.05) is 11.6 Å². The number of nitrogens with two attached hydrogens (primary N) is 1. The Morgan fingerprint density at radius 3 is 2.90 bits per heavy atom. The van der Waals surface area contributed by atoms with Crippen LogP contribution in [0.4, 0.5) is 0 Å². The molecular weight excluding hydrogens is 272 g/mol. The van der Waals surface area contributed by atoms with Crippen LogP contribution in [-0.4, -0.2) is 23.2 Å². The molecule has 2 N–H and O–H groups in total. The molecule has 0 saturated heterocycles. The summed E-state index contributed by atoms with van der Waals surface area (Å²) in [6, 6.07) is 5.55. The summed E-state index contributed by atoms with van der Waals surface area (Å²) in [5.41, 5.74) is 10.6. The van der Waals surface area contributed by atoms with E-state index in [2.05, 4.69) is 15.0 Å². The van der Waals surface area contributed by atoms with E-state index in [-0.39, 0.29) is 0 Å². The first kappa shape index (κ1) is 13.1. The number of allylic oxidation sites excluding steroid dienone is 2. The lowest BCUT2D eigenvalue weighted by molar-refractivity contribution is 0.988. The molecule has 2 aromatic heterocycles. The third-order valence-corrected chi connectivity index (χ3v) is 3.61. The number of hydrogen-bond donors (Lipinski definition) is 1. The van der Waals surface area contributed by atoms with Crippen LogP contribution in [-0.2, 0) is 0 Å². The van der Waals surface area contributed by atoms with E-state index in [9.17, 15) is 0 Å². The zero-order valence-corrected chi connectivity index (χ0v) is 11.9. The third-order valence-electron chi connectivity index (χ3n) is 3.40. The van der Waals surface area contributed by atoms with E-state index in [0.717, 1.165) is 40.7 Å². The molecule has 5 heteroatoms. The smallest absolute Gasteiger partial charge is 0.129 e. The van der Waals surface area contributed by atoms with Crippen molar-refractivity contribution in [3.63, 3.8) is 0 Å². The number of hydrogen-bond acceptors (Lipinski definition) is 4. The van der Waals surface area contributed by atoms with Gasteiger partial charge in [0.25, 0.3) is 0 Å². The third kappa shape index (κ3) is 2.51. The Balaban J connectivity index is 2.13. The maximum Gasteiger partial charge on any atom is 0.129 e. The molecule has 0 unspecified atom stereocenters. The summed E-state index contributed by atoms with van der Waals surface area (Å²) >= 11 is 5.93. The van der Waals surface area contributed by atoms with Gasteiger partial charge in [0, 0.05) is 36.3 Å². The maximum absolute atomic E-state index is 6.23. The molecule has 0 amide bonds. The van der Waals surface area contributed by atoms with Crippen molar-refractivity contribution in [1.82, 2.24) is 9.97 Å². The van der Waals surface area contributed by atoms with E-state index < -0.39 is 0 Å². The van der Waals surface area contributed by atoms with E-state index in [1.54, 1.807) is 19.3 Å². The molecule has 2 heterocycles. The van der Waals surface area contributed by atoms with E-state index in [1.807, 2.05) is 18.3 Å². The average molecular weight is 287 g/mol. The molecule has 0 aliphatic heterocycles. The summed E-state index contributed by atoms with van der Waals surface area (Å²) < 4.78 is 0. The molecule has 1 saturated carbocycles. The van der Waals surface area contributed by atoms with Crippen molar-refractivity contribution in [2.75, 3.05) is 7.05 Å². The van der Waals surface area contributed by atoms with Gasteiger partial charge in [0.05, 0.1) is 11.0 Å². The number of aliphatic imine (C=N–C) groups is 1. The fourth-order valence-corrected chi connectivity index (χ4v) is 2.34. The van der Waals surface area contributed by atoms with Gasteiger partial charge in [-0.15, -0.1) is 0 Å². The Kier molecular flexibility index (Phi) is 3.40. The maximum atomic E-state index is 6.23. The van der Waals surface area contributed by atoms with Gasteiger partial charge < -0.3 is 5.73 Å². The van der Waals surface area contributed by atoms with Crippen LogP contribution in [0.2, 0.25) is 5.15 Å². The minimum absolute atomic E-state index is 0.460. The molecule has 4 nitrogen and oxygen atoms in total. The van der Waals surface area contributed by atoms with Crippen LogP contribution >= 0.6 is 11.6 Å². The second-order valence-electron chi connectivity index (χ2n) is 4.93. The van der Waals surface area contributed by atoms with Crippen LogP contribution in [0.15, 0.2) is 35.1 Å². The zero-order chi connectivity index (χ0) is 14.1. The summed E-state index contributed by atoms with van der Waals surface area (Å²) in [6.45, 7) is 0. The minimum Gasteiger partial charge on any atom is -0.401 e. The standard InChI is InChI=1S/C15H15ClN4/c1-18-8-11(15(17)9-2-3-9)10-6-13-12(19-7-10)4-5-14(16)20-13/h4-9H,2-3,17H2,1H3. The van der Waals surface area contributed by atoms with Crippen molar-refractivity contribution < 1.29 is 0 Å². The predicted octanol–water partition coefficient (Wildman–Crippen LogP) is 3.06. The van der Waals surface area contributed by atoms with E-state index >= 15 is 0 Å². The van der Waals surface area contributed by atoms with Crippen LogP contribution in [0.25, 0.3) is 16.6 Å². The molecule has 0 atom stereocenters. The molecule has 2 aromatic rings. The summed E-state index contributed by atoms with van der Waals surface area (Å²) in [5.74, 6) is 0.478. The second-order valence-corrected chi connectivity index (χ2v) is 5.31. The molecule has 0 aromatic carbocycles. The van der Waals surface area contributed by atoms with Crippen LogP contribution in [0.1, 0.15) is 18.4 Å². The highest BCUT2D eigenvalue weighted by atomic mass is 35.5. The fourth-order valence-electron chi connectivity index (χ4n) is 2.19. The van der Waals surface area contributed by atoms with E-state index in [0.29, 0.717) is 11.1 Å². The average Bonchev–Trinajstić information content (AvgIpc) is 3.28. The Bertz CT molecular complexity index is 717. The van der Waals surface area contributed by atoms with Crippen LogP contribution in [0.3, 0.4) is 0 Å². The van der Waals surface area contributed by atoms with Gasteiger partial charge in [-0.2, -0.15) is 0 Å². The lowest BCUT2D eigenvalue weighted by atomic mass is 10.0. The van der Waals surface area contributed by atoms with Crippen LogP contribution in [0, 0.1) is 5.92 Å². The number of rotatable bonds is 3. The number of aromatic nitrogens is 2. The monoisotopic (exact) mass is 286 g/mol. The van der Waals surface area contributed by atoms with Gasteiger partial charge in [0.2, 0.25) is 0 Å². The predicted molar refractivity (Wildman–Crippen MR) is 82.8 cm³/mol. The topological polar surface area (TPSA) is 64.2 Å². The SMILES string of the molecule is CN=CC(=C(N)C1CC1)c1cnc2ccc(Cl)nc2c1. The number of pyridine rings is 2. The fraction of sp³-hybridized carbons (Fsp3) is 0.267. The summed E-state index contributed by atoms with van der Waals surface area (Å²) in [7, 11) is 1.74. The molecule has 0 bridgehead atoms. The van der Waals surface area contributed by atoms with Crippen LogP contribution in [0.5, 0.6) is 0 Å². The summed E-state index contributed by atoms with van der Waals surface area (Å²) in [5, 5.41) is 0.460. The Morgan fingerprint density at radius 1 is 1.40 bits per heavy atom. The highest BCUT2D eigenvalue weighted by Crippen LogP contribution is 2.37. The molecule has 3 rings (SSSR count). The van der Waals surface area contributed by atoms with Gasteiger partial charge in [0.15, 0.2) is 0 Å². The highest BCUT2D eigenvalue weighted by Gasteiger charge is 2.26. The number of halogens is 1. The molecule has 20 heavy (non-hydrogen) atoms. The zero-order valence-electron chi connectivity index (χ0n) is 11.2. The quantitative estimate of drug-likeness (QED) is 0.697. The molecule has 1 aliphatic carbocycles. The molecule has 102 valence electrons. The molecule has 0 spiro atoms. The second kappa shape index (κ2) is 5.21. The van der Waals surface area contributed by atoms with Crippen molar-refractivity contribution in [3.05, 3.63) is 40.8 Å². The van der Waals surface area contributed by atoms with Crippen LogP contribution < -0.4 is 5.73 Å². The Labute approximate surface area is 122 Å². The Morgan fingerprint density at radius 2 is 2.20 bits per heavy atom. The first-order chi connectivity index (χ1) is 9.69. The lowest BCUT2D eigenvalue weighted by Gasteiger charge is -2.08. The Hall–Kier alpha value is -1.94. The molecule has 1 aliphatic rings. The summed E-state index contributed by atoms with van der Waals surface area (Å²) in [4.78, 5) is 12.8. The van der Waals surface area contributed by atoms with Crippen molar-refractivity contribution >= 4 is 34.4 Å². The van der Waals surface area contributed by atoms with Gasteiger partial charge in [0.1, 0.15) is 5.15 Å². The first-order valence-electron chi connectivity index (χ1n) is 6.53.